The molecule has 1 aromatic heterocycles. The molecule has 11 heteroatoms. The second-order valence-electron chi connectivity index (χ2n) is 8.78. The molecule has 0 bridgehead atoms. The molecule has 1 aliphatic heterocycles. The number of anilines is 1. The van der Waals surface area contributed by atoms with Gasteiger partial charge in [-0.25, -0.2) is 17.8 Å². The molecule has 36 heavy (non-hydrogen) atoms. The van der Waals surface area contributed by atoms with Gasteiger partial charge in [0, 0.05) is 19.6 Å². The van der Waals surface area contributed by atoms with Gasteiger partial charge in [-0.3, -0.25) is 9.69 Å². The number of rotatable bonds is 9. The van der Waals surface area contributed by atoms with Crippen LogP contribution < -0.4 is 4.90 Å². The summed E-state index contributed by atoms with van der Waals surface area (Å²) in [6.07, 6.45) is 0.969. The number of hydrogen-bond acceptors (Lipinski definition) is 6. The predicted octanol–water partition coefficient (Wildman–Crippen LogP) is 4.93. The monoisotopic (exact) mass is 552 g/mol. The van der Waals surface area contributed by atoms with E-state index in [1.165, 1.54) is 27.8 Å². The van der Waals surface area contributed by atoms with Gasteiger partial charge in [-0.1, -0.05) is 42.9 Å². The summed E-state index contributed by atoms with van der Waals surface area (Å²) in [6, 6.07) is 7.55. The summed E-state index contributed by atoms with van der Waals surface area (Å²) in [5, 5.41) is 1.07. The van der Waals surface area contributed by atoms with Gasteiger partial charge in [-0.2, -0.15) is 4.31 Å². The van der Waals surface area contributed by atoms with Gasteiger partial charge >= 0.3 is 0 Å². The number of likely N-dealkylation sites (N-methyl/N-ethyl adjacent to an activating group) is 1. The third-order valence-electron chi connectivity index (χ3n) is 6.63. The number of thiazole rings is 1. The van der Waals surface area contributed by atoms with Crippen LogP contribution in [0.5, 0.6) is 0 Å². The van der Waals surface area contributed by atoms with Crippen LogP contribution in [0.15, 0.2) is 41.3 Å². The minimum absolute atomic E-state index is 0.0271. The third-order valence-corrected chi connectivity index (χ3v) is 10.1. The van der Waals surface area contributed by atoms with Crippen LogP contribution in [0, 0.1) is 12.7 Å². The maximum atomic E-state index is 14.0. The summed E-state index contributed by atoms with van der Waals surface area (Å²) in [7, 11) is -3.97. The zero-order chi connectivity index (χ0) is 26.0. The number of hydrogen-bond donors (Lipinski definition) is 0. The Hall–Kier alpha value is -2.11. The van der Waals surface area contributed by atoms with Gasteiger partial charge < -0.3 is 4.90 Å². The van der Waals surface area contributed by atoms with Gasteiger partial charge in [-0.15, -0.1) is 0 Å². The minimum atomic E-state index is -3.97. The molecule has 194 valence electrons. The molecule has 1 unspecified atom stereocenters. The fraction of sp³-hybridized carbons (Fsp3) is 0.440. The molecule has 2 aromatic carbocycles. The normalized spacial score (nSPS) is 16.8. The van der Waals surface area contributed by atoms with E-state index < -0.39 is 21.9 Å². The van der Waals surface area contributed by atoms with Crippen LogP contribution >= 0.6 is 22.9 Å². The SMILES string of the molecule is CCN(CC)CCN(C(=O)C1CCCN1S(=O)(=O)c1ccc(F)cc1)c1nc2c(C)ccc(Cl)c2s1. The number of carbonyl (C=O) groups is 1. The molecule has 0 radical (unpaired) electrons. The Balaban J connectivity index is 1.70. The lowest BCUT2D eigenvalue weighted by molar-refractivity contribution is -0.121. The maximum absolute atomic E-state index is 14.0. The molecule has 1 fully saturated rings. The first-order valence-electron chi connectivity index (χ1n) is 12.0. The van der Waals surface area contributed by atoms with Crippen LogP contribution in [0.25, 0.3) is 10.2 Å². The molecule has 2 heterocycles. The highest BCUT2D eigenvalue weighted by Crippen LogP contribution is 2.37. The number of amides is 1. The molecule has 4 rings (SSSR count). The largest absolute Gasteiger partial charge is 0.302 e. The summed E-state index contributed by atoms with van der Waals surface area (Å²) >= 11 is 7.77. The summed E-state index contributed by atoms with van der Waals surface area (Å²) in [6.45, 7) is 8.95. The van der Waals surface area contributed by atoms with Crippen molar-refractivity contribution in [2.45, 2.75) is 44.6 Å². The van der Waals surface area contributed by atoms with E-state index >= 15 is 0 Å². The van der Waals surface area contributed by atoms with Crippen molar-refractivity contribution in [2.75, 3.05) is 37.6 Å². The molecule has 1 amide bonds. The lowest BCUT2D eigenvalue weighted by atomic mass is 10.2. The van der Waals surface area contributed by atoms with E-state index in [-0.39, 0.29) is 17.3 Å². The van der Waals surface area contributed by atoms with Crippen LogP contribution in [0.3, 0.4) is 0 Å². The van der Waals surface area contributed by atoms with E-state index in [4.69, 9.17) is 16.6 Å². The van der Waals surface area contributed by atoms with Gasteiger partial charge in [0.1, 0.15) is 11.9 Å². The zero-order valence-corrected chi connectivity index (χ0v) is 23.0. The van der Waals surface area contributed by atoms with Crippen molar-refractivity contribution in [2.24, 2.45) is 0 Å². The summed E-state index contributed by atoms with van der Waals surface area (Å²) in [5.41, 5.74) is 1.69. The Morgan fingerprint density at radius 1 is 1.17 bits per heavy atom. The Morgan fingerprint density at radius 3 is 2.50 bits per heavy atom. The van der Waals surface area contributed by atoms with Crippen LogP contribution in [0.2, 0.25) is 5.02 Å². The first-order chi connectivity index (χ1) is 17.2. The topological polar surface area (TPSA) is 73.8 Å². The Kier molecular flexibility index (Phi) is 8.31. The molecule has 1 saturated heterocycles. The van der Waals surface area contributed by atoms with E-state index in [1.54, 1.807) is 4.90 Å². The van der Waals surface area contributed by atoms with Crippen LogP contribution in [-0.4, -0.2) is 67.3 Å². The van der Waals surface area contributed by atoms with Gasteiger partial charge in [0.25, 0.3) is 0 Å². The number of benzene rings is 2. The number of fused-ring (bicyclic) bond motifs is 1. The first-order valence-corrected chi connectivity index (χ1v) is 14.7. The van der Waals surface area contributed by atoms with E-state index in [0.29, 0.717) is 36.1 Å². The van der Waals surface area contributed by atoms with E-state index in [9.17, 15) is 17.6 Å². The molecule has 0 spiro atoms. The molecular formula is C25H30ClFN4O3S2. The van der Waals surface area contributed by atoms with Crippen LogP contribution in [0.4, 0.5) is 9.52 Å². The summed E-state index contributed by atoms with van der Waals surface area (Å²) in [4.78, 5) is 22.5. The summed E-state index contributed by atoms with van der Waals surface area (Å²) < 4.78 is 42.3. The second-order valence-corrected chi connectivity index (χ2v) is 12.1. The van der Waals surface area contributed by atoms with Crippen molar-refractivity contribution in [3.05, 3.63) is 52.8 Å². The second kappa shape index (κ2) is 11.1. The fourth-order valence-electron chi connectivity index (χ4n) is 4.48. The molecule has 0 aliphatic carbocycles. The Bertz CT molecular complexity index is 1300. The van der Waals surface area contributed by atoms with E-state index in [2.05, 4.69) is 18.7 Å². The number of carbonyl (C=O) groups excluding carboxylic acids is 1. The van der Waals surface area contributed by atoms with Crippen LogP contribution in [-0.2, 0) is 14.8 Å². The third kappa shape index (κ3) is 5.28. The smallest absolute Gasteiger partial charge is 0.247 e. The van der Waals surface area contributed by atoms with Crippen molar-refractivity contribution < 1.29 is 17.6 Å². The Morgan fingerprint density at radius 2 is 1.86 bits per heavy atom. The zero-order valence-electron chi connectivity index (χ0n) is 20.6. The molecule has 7 nitrogen and oxygen atoms in total. The molecule has 3 aromatic rings. The van der Waals surface area contributed by atoms with Gasteiger partial charge in [0.05, 0.1) is 20.1 Å². The number of aryl methyl sites for hydroxylation is 1. The van der Waals surface area contributed by atoms with Gasteiger partial charge in [-0.05, 0) is 68.8 Å². The highest BCUT2D eigenvalue weighted by atomic mass is 35.5. The first kappa shape index (κ1) is 26.9. The highest BCUT2D eigenvalue weighted by molar-refractivity contribution is 7.89. The van der Waals surface area contributed by atoms with E-state index in [0.717, 1.165) is 41.0 Å². The van der Waals surface area contributed by atoms with Crippen molar-refractivity contribution in [1.29, 1.82) is 0 Å². The molecule has 1 aliphatic rings. The number of aromatic nitrogens is 1. The fourth-order valence-corrected chi connectivity index (χ4v) is 7.48. The molecular weight excluding hydrogens is 523 g/mol. The van der Waals surface area contributed by atoms with Crippen molar-refractivity contribution in [3.63, 3.8) is 0 Å². The van der Waals surface area contributed by atoms with Crippen LogP contribution in [0.1, 0.15) is 32.3 Å². The lowest BCUT2D eigenvalue weighted by Crippen LogP contribution is -2.49. The number of sulfonamides is 1. The van der Waals surface area contributed by atoms with Crippen molar-refractivity contribution >= 4 is 54.2 Å². The highest BCUT2D eigenvalue weighted by Gasteiger charge is 2.42. The quantitative estimate of drug-likeness (QED) is 0.376. The lowest BCUT2D eigenvalue weighted by Gasteiger charge is -2.30. The minimum Gasteiger partial charge on any atom is -0.302 e. The van der Waals surface area contributed by atoms with Crippen molar-refractivity contribution in [1.82, 2.24) is 14.2 Å². The van der Waals surface area contributed by atoms with Gasteiger partial charge in [0.2, 0.25) is 15.9 Å². The molecule has 0 N–H and O–H groups in total. The summed E-state index contributed by atoms with van der Waals surface area (Å²) in [5.74, 6) is -0.825. The predicted molar refractivity (Wildman–Crippen MR) is 143 cm³/mol. The average molecular weight is 553 g/mol. The maximum Gasteiger partial charge on any atom is 0.247 e. The standard InChI is InChI=1S/C25H30ClFN4O3S2/c1-4-29(5-2)15-16-30(25-28-22-17(3)8-13-20(26)23(22)35-25)24(32)21-7-6-14-31(21)36(33,34)19-11-9-18(27)10-12-19/h8-13,21H,4-7,14-16H2,1-3H3. The number of halogens is 2. The molecule has 1 atom stereocenters. The number of nitrogens with zero attached hydrogens (tertiary/aromatic N) is 4. The molecule has 0 saturated carbocycles. The van der Waals surface area contributed by atoms with Gasteiger partial charge in [0.15, 0.2) is 5.13 Å². The average Bonchev–Trinajstić information content (AvgIpc) is 3.53. The van der Waals surface area contributed by atoms with Crippen molar-refractivity contribution in [3.8, 4) is 0 Å². The van der Waals surface area contributed by atoms with E-state index in [1.807, 2.05) is 19.1 Å². The Labute approximate surface area is 220 Å².